The van der Waals surface area contributed by atoms with Gasteiger partial charge in [0.15, 0.2) is 0 Å². The Balaban J connectivity index is 1.61. The molecule has 0 N–H and O–H groups in total. The zero-order valence-electron chi connectivity index (χ0n) is 13.6. The summed E-state index contributed by atoms with van der Waals surface area (Å²) in [5.74, 6) is 1.01. The van der Waals surface area contributed by atoms with Gasteiger partial charge in [-0.05, 0) is 43.0 Å². The Bertz CT molecular complexity index is 658. The Labute approximate surface area is 141 Å². The average molecular weight is 330 g/mol. The van der Waals surface area contributed by atoms with Gasteiger partial charge in [-0.15, -0.1) is 11.3 Å². The van der Waals surface area contributed by atoms with Gasteiger partial charge in [0.2, 0.25) is 0 Å². The molecule has 0 bridgehead atoms. The monoisotopic (exact) mass is 330 g/mol. The van der Waals surface area contributed by atoms with Crippen LogP contribution in [-0.4, -0.2) is 51.9 Å². The molecule has 2 aromatic heterocycles. The average Bonchev–Trinajstić information content (AvgIpc) is 3.24. The van der Waals surface area contributed by atoms with Crippen LogP contribution in [0.1, 0.15) is 34.4 Å². The summed E-state index contributed by atoms with van der Waals surface area (Å²) in [5.41, 5.74) is 1.16. The molecule has 1 fully saturated rings. The first-order valence-corrected chi connectivity index (χ1v) is 8.88. The Morgan fingerprint density at radius 2 is 2.22 bits per heavy atom. The zero-order valence-corrected chi connectivity index (χ0v) is 14.4. The van der Waals surface area contributed by atoms with E-state index < -0.39 is 0 Å². The maximum Gasteiger partial charge on any atom is 0.264 e. The molecule has 23 heavy (non-hydrogen) atoms. The highest BCUT2D eigenvalue weighted by Gasteiger charge is 2.30. The molecule has 3 heterocycles. The molecule has 1 saturated heterocycles. The van der Waals surface area contributed by atoms with Crippen LogP contribution in [0.2, 0.25) is 0 Å². The minimum absolute atomic E-state index is 0.184. The third-order valence-corrected chi connectivity index (χ3v) is 5.35. The Hall–Kier alpha value is -1.79. The number of thiophene rings is 1. The highest BCUT2D eigenvalue weighted by molar-refractivity contribution is 7.12. The van der Waals surface area contributed by atoms with Gasteiger partial charge in [0.25, 0.3) is 5.91 Å². The van der Waals surface area contributed by atoms with Crippen LogP contribution in [0.5, 0.6) is 0 Å². The zero-order chi connectivity index (χ0) is 16.2. The van der Waals surface area contributed by atoms with Gasteiger partial charge in [-0.2, -0.15) is 0 Å². The quantitative estimate of drug-likeness (QED) is 0.845. The molecule has 6 heteroatoms. The smallest absolute Gasteiger partial charge is 0.264 e. The number of carbonyl (C=O) groups excluding carboxylic acids is 1. The Morgan fingerprint density at radius 1 is 1.43 bits per heavy atom. The molecule has 2 aromatic rings. The summed E-state index contributed by atoms with van der Waals surface area (Å²) >= 11 is 1.56. The van der Waals surface area contributed by atoms with Crippen LogP contribution >= 0.6 is 11.3 Å². The molecule has 1 aliphatic rings. The molecule has 0 radical (unpaired) electrons. The highest BCUT2D eigenvalue weighted by atomic mass is 32.1. The number of carbonyl (C=O) groups is 1. The van der Waals surface area contributed by atoms with Crippen molar-refractivity contribution in [3.8, 4) is 0 Å². The van der Waals surface area contributed by atoms with Crippen LogP contribution in [0.3, 0.4) is 0 Å². The predicted octanol–water partition coefficient (Wildman–Crippen LogP) is 2.45. The van der Waals surface area contributed by atoms with Crippen molar-refractivity contribution >= 4 is 17.2 Å². The van der Waals surface area contributed by atoms with Gasteiger partial charge in [0.05, 0.1) is 11.4 Å². The van der Waals surface area contributed by atoms with Crippen molar-refractivity contribution in [1.29, 1.82) is 0 Å². The molecule has 0 spiro atoms. The largest absolute Gasteiger partial charge is 0.336 e. The van der Waals surface area contributed by atoms with Gasteiger partial charge >= 0.3 is 0 Å². The molecular formula is C17H22N4OS. The van der Waals surface area contributed by atoms with Crippen LogP contribution in [0, 0.1) is 0 Å². The van der Waals surface area contributed by atoms with E-state index in [9.17, 15) is 4.79 Å². The number of aromatic nitrogens is 2. The molecule has 5 nitrogen and oxygen atoms in total. The molecule has 1 amide bonds. The summed E-state index contributed by atoms with van der Waals surface area (Å²) in [7, 11) is 2.08. The number of hydrogen-bond donors (Lipinski definition) is 0. The SMILES string of the molecule is CCc1ccsc1C(=O)N1CCC(N(C)Cc2ncccn2)C1. The molecule has 0 aliphatic carbocycles. The van der Waals surface area contributed by atoms with E-state index in [1.807, 2.05) is 16.3 Å². The van der Waals surface area contributed by atoms with Crippen molar-refractivity contribution < 1.29 is 4.79 Å². The van der Waals surface area contributed by atoms with Crippen LogP contribution < -0.4 is 0 Å². The van der Waals surface area contributed by atoms with Crippen LogP contribution in [0.15, 0.2) is 29.9 Å². The van der Waals surface area contributed by atoms with Crippen molar-refractivity contribution in [3.05, 3.63) is 46.2 Å². The molecule has 122 valence electrons. The van der Waals surface area contributed by atoms with Gasteiger partial charge in [0, 0.05) is 31.5 Å². The fourth-order valence-corrected chi connectivity index (χ4v) is 3.96. The maximum absolute atomic E-state index is 12.7. The van der Waals surface area contributed by atoms with E-state index in [1.165, 1.54) is 0 Å². The lowest BCUT2D eigenvalue weighted by Gasteiger charge is -2.24. The molecular weight excluding hydrogens is 308 g/mol. The Kier molecular flexibility index (Phi) is 5.03. The lowest BCUT2D eigenvalue weighted by Crippen LogP contribution is -2.36. The first-order valence-electron chi connectivity index (χ1n) is 8.00. The topological polar surface area (TPSA) is 49.3 Å². The van der Waals surface area contributed by atoms with Crippen molar-refractivity contribution in [3.63, 3.8) is 0 Å². The number of nitrogens with zero attached hydrogens (tertiary/aromatic N) is 4. The standard InChI is InChI=1S/C17H22N4OS/c1-3-13-6-10-23-16(13)17(22)21-9-5-14(11-21)20(2)12-15-18-7-4-8-19-15/h4,6-8,10,14H,3,5,9,11-12H2,1-2H3. The molecule has 3 rings (SSSR count). The minimum atomic E-state index is 0.184. The van der Waals surface area contributed by atoms with E-state index in [2.05, 4.69) is 34.9 Å². The van der Waals surface area contributed by atoms with Crippen LogP contribution in [0.25, 0.3) is 0 Å². The molecule has 1 aliphatic heterocycles. The summed E-state index contributed by atoms with van der Waals surface area (Å²) in [5, 5.41) is 2.01. The van der Waals surface area contributed by atoms with Gasteiger partial charge in [-0.25, -0.2) is 9.97 Å². The molecule has 1 unspecified atom stereocenters. The number of likely N-dealkylation sites (N-methyl/N-ethyl adjacent to an activating group) is 1. The lowest BCUT2D eigenvalue weighted by atomic mass is 10.2. The van der Waals surface area contributed by atoms with Crippen LogP contribution in [-0.2, 0) is 13.0 Å². The third kappa shape index (κ3) is 3.59. The second kappa shape index (κ2) is 7.19. The third-order valence-electron chi connectivity index (χ3n) is 4.41. The molecule has 0 saturated carbocycles. The summed E-state index contributed by atoms with van der Waals surface area (Å²) in [6, 6.07) is 4.25. The van der Waals surface area contributed by atoms with Crippen molar-refractivity contribution in [2.75, 3.05) is 20.1 Å². The van der Waals surface area contributed by atoms with Crippen molar-refractivity contribution in [2.24, 2.45) is 0 Å². The van der Waals surface area contributed by atoms with Gasteiger partial charge < -0.3 is 4.90 Å². The van der Waals surface area contributed by atoms with Gasteiger partial charge in [-0.3, -0.25) is 9.69 Å². The normalized spacial score (nSPS) is 17.9. The molecule has 1 atom stereocenters. The van der Waals surface area contributed by atoms with Gasteiger partial charge in [0.1, 0.15) is 5.82 Å². The Morgan fingerprint density at radius 3 is 2.96 bits per heavy atom. The maximum atomic E-state index is 12.7. The number of hydrogen-bond acceptors (Lipinski definition) is 5. The fraction of sp³-hybridized carbons (Fsp3) is 0.471. The van der Waals surface area contributed by atoms with Crippen molar-refractivity contribution in [1.82, 2.24) is 19.8 Å². The minimum Gasteiger partial charge on any atom is -0.336 e. The van der Waals surface area contributed by atoms with E-state index in [4.69, 9.17) is 0 Å². The summed E-state index contributed by atoms with van der Waals surface area (Å²) < 4.78 is 0. The lowest BCUT2D eigenvalue weighted by molar-refractivity contribution is 0.0783. The summed E-state index contributed by atoms with van der Waals surface area (Å²) in [6.07, 6.45) is 5.45. The van der Waals surface area contributed by atoms with E-state index in [0.29, 0.717) is 12.6 Å². The van der Waals surface area contributed by atoms with E-state index in [0.717, 1.165) is 42.2 Å². The summed E-state index contributed by atoms with van der Waals surface area (Å²) in [6.45, 7) is 4.42. The number of aryl methyl sites for hydroxylation is 1. The first kappa shape index (κ1) is 16.1. The predicted molar refractivity (Wildman–Crippen MR) is 91.5 cm³/mol. The van der Waals surface area contributed by atoms with E-state index in [-0.39, 0.29) is 5.91 Å². The van der Waals surface area contributed by atoms with Gasteiger partial charge in [-0.1, -0.05) is 6.92 Å². The fourth-order valence-electron chi connectivity index (χ4n) is 3.00. The van der Waals surface area contributed by atoms with Crippen molar-refractivity contribution in [2.45, 2.75) is 32.4 Å². The van der Waals surface area contributed by atoms with E-state index in [1.54, 1.807) is 23.7 Å². The second-order valence-corrected chi connectivity index (χ2v) is 6.82. The summed E-state index contributed by atoms with van der Waals surface area (Å²) in [4.78, 5) is 26.4. The number of rotatable bonds is 5. The van der Waals surface area contributed by atoms with Crippen LogP contribution in [0.4, 0.5) is 0 Å². The molecule has 0 aromatic carbocycles. The highest BCUT2D eigenvalue weighted by Crippen LogP contribution is 2.23. The second-order valence-electron chi connectivity index (χ2n) is 5.90. The number of amides is 1. The van der Waals surface area contributed by atoms with E-state index >= 15 is 0 Å². The number of likely N-dealkylation sites (tertiary alicyclic amines) is 1. The first-order chi connectivity index (χ1) is 11.2.